The van der Waals surface area contributed by atoms with E-state index in [4.69, 9.17) is 21.4 Å². The van der Waals surface area contributed by atoms with Crippen LogP contribution in [-0.4, -0.2) is 47.5 Å². The summed E-state index contributed by atoms with van der Waals surface area (Å²) < 4.78 is 19.0. The summed E-state index contributed by atoms with van der Waals surface area (Å²) in [6.07, 6.45) is 0.0917. The monoisotopic (exact) mass is 434 g/mol. The van der Waals surface area contributed by atoms with Crippen LogP contribution >= 0.6 is 11.6 Å². The zero-order valence-electron chi connectivity index (χ0n) is 16.2. The van der Waals surface area contributed by atoms with Gasteiger partial charge in [-0.2, -0.15) is 0 Å². The van der Waals surface area contributed by atoms with Gasteiger partial charge in [0.15, 0.2) is 0 Å². The minimum Gasteiger partial charge on any atom is -0.482 e. The normalized spacial score (nSPS) is 21.1. The van der Waals surface area contributed by atoms with E-state index in [0.29, 0.717) is 22.9 Å². The summed E-state index contributed by atoms with van der Waals surface area (Å²) in [7, 11) is 0. The first kappa shape index (κ1) is 22.2. The minimum absolute atomic E-state index is 0.127. The Hall–Kier alpha value is -2.45. The second kappa shape index (κ2) is 10.5. The van der Waals surface area contributed by atoms with Crippen LogP contribution in [0.2, 0.25) is 5.02 Å². The fourth-order valence-electron chi connectivity index (χ4n) is 3.24. The molecule has 0 radical (unpaired) electrons. The highest BCUT2D eigenvalue weighted by atomic mass is 35.5. The molecule has 160 valence electrons. The Balaban J connectivity index is 1.77. The summed E-state index contributed by atoms with van der Waals surface area (Å²) in [6, 6.07) is 12.4. The van der Waals surface area contributed by atoms with E-state index in [2.05, 4.69) is 10.6 Å². The Morgan fingerprint density at radius 1 is 1.20 bits per heavy atom. The van der Waals surface area contributed by atoms with Crippen LogP contribution in [0.15, 0.2) is 60.2 Å². The fourth-order valence-corrected chi connectivity index (χ4v) is 3.42. The lowest BCUT2D eigenvalue weighted by atomic mass is 9.89. The largest absolute Gasteiger partial charge is 0.482 e. The molecule has 3 rings (SSSR count). The van der Waals surface area contributed by atoms with Gasteiger partial charge >= 0.3 is 0 Å². The van der Waals surface area contributed by atoms with Gasteiger partial charge < -0.3 is 25.6 Å². The lowest BCUT2D eigenvalue weighted by Gasteiger charge is -2.34. The Kier molecular flexibility index (Phi) is 7.81. The molecule has 0 bridgehead atoms. The predicted octanol–water partition coefficient (Wildman–Crippen LogP) is 2.18. The predicted molar refractivity (Wildman–Crippen MR) is 112 cm³/mol. The number of aliphatic hydroxyl groups excluding tert-OH is 2. The summed E-state index contributed by atoms with van der Waals surface area (Å²) in [5.74, 6) is -0.263. The van der Waals surface area contributed by atoms with Crippen molar-refractivity contribution in [3.05, 3.63) is 76.6 Å². The van der Waals surface area contributed by atoms with Crippen LogP contribution in [0, 0.1) is 5.82 Å². The fraction of sp³-hybridized carbons (Fsp3) is 0.318. The molecule has 4 N–H and O–H groups in total. The van der Waals surface area contributed by atoms with Crippen molar-refractivity contribution in [2.75, 3.05) is 13.2 Å². The summed E-state index contributed by atoms with van der Waals surface area (Å²) in [4.78, 5) is 12.5. The van der Waals surface area contributed by atoms with Gasteiger partial charge in [-0.15, -0.1) is 0 Å². The first-order chi connectivity index (χ1) is 14.5. The summed E-state index contributed by atoms with van der Waals surface area (Å²) in [5.41, 5.74) is 1.27. The van der Waals surface area contributed by atoms with E-state index < -0.39 is 18.2 Å². The van der Waals surface area contributed by atoms with Crippen LogP contribution in [0.4, 0.5) is 4.39 Å². The van der Waals surface area contributed by atoms with Crippen LogP contribution in [0.1, 0.15) is 12.0 Å². The van der Waals surface area contributed by atoms with E-state index in [1.807, 2.05) is 0 Å². The smallest absolute Gasteiger partial charge is 0.247 e. The Labute approximate surface area is 179 Å². The Bertz CT molecular complexity index is 891. The molecule has 0 saturated heterocycles. The molecule has 30 heavy (non-hydrogen) atoms. The number of para-hydroxylation sites is 1. The molecule has 3 atom stereocenters. The third kappa shape index (κ3) is 5.79. The van der Waals surface area contributed by atoms with Crippen molar-refractivity contribution in [2.45, 2.75) is 31.2 Å². The molecular formula is C22H24ClFN2O4. The number of hydrogen-bond acceptors (Lipinski definition) is 5. The van der Waals surface area contributed by atoms with Gasteiger partial charge in [-0.1, -0.05) is 35.9 Å². The van der Waals surface area contributed by atoms with Crippen LogP contribution in [0.25, 0.3) is 0 Å². The third-order valence-corrected chi connectivity index (χ3v) is 5.14. The maximum absolute atomic E-state index is 13.1. The summed E-state index contributed by atoms with van der Waals surface area (Å²) in [5, 5.41) is 26.1. The maximum atomic E-state index is 13.1. The number of rotatable bonds is 8. The standard InChI is InChI=1S/C22H24ClFN2O4/c23-17-3-1-2-4-19(17)30-20-12-15(22(29)25-9-10-27)11-18(21(20)28)26-13-14-5-7-16(24)8-6-14/h1-8,12,18,20-21,26-28H,9-11,13H2,(H,25,29)/t18-,20+,21+/m1/s1. The molecule has 1 aliphatic carbocycles. The zero-order valence-corrected chi connectivity index (χ0v) is 17.0. The number of halogens is 2. The molecule has 6 nitrogen and oxygen atoms in total. The first-order valence-corrected chi connectivity index (χ1v) is 10.0. The van der Waals surface area contributed by atoms with Gasteiger partial charge in [0.25, 0.3) is 0 Å². The number of amides is 1. The van der Waals surface area contributed by atoms with Crippen LogP contribution in [0.3, 0.4) is 0 Å². The third-order valence-electron chi connectivity index (χ3n) is 4.82. The van der Waals surface area contributed by atoms with E-state index >= 15 is 0 Å². The van der Waals surface area contributed by atoms with E-state index in [1.165, 1.54) is 12.1 Å². The molecule has 2 aromatic carbocycles. The maximum Gasteiger partial charge on any atom is 0.247 e. The number of nitrogens with one attached hydrogen (secondary N) is 2. The molecule has 1 aliphatic rings. The van der Waals surface area contributed by atoms with E-state index in [1.54, 1.807) is 42.5 Å². The number of ether oxygens (including phenoxy) is 1. The number of benzene rings is 2. The zero-order chi connectivity index (χ0) is 21.5. The molecule has 0 saturated carbocycles. The highest BCUT2D eigenvalue weighted by molar-refractivity contribution is 6.32. The number of hydrogen-bond donors (Lipinski definition) is 4. The number of carbonyl (C=O) groups excluding carboxylic acids is 1. The Morgan fingerprint density at radius 3 is 2.63 bits per heavy atom. The van der Waals surface area contributed by atoms with Gasteiger partial charge in [0, 0.05) is 24.7 Å². The van der Waals surface area contributed by atoms with Crippen molar-refractivity contribution in [3.8, 4) is 5.75 Å². The van der Waals surface area contributed by atoms with Crippen molar-refractivity contribution in [2.24, 2.45) is 0 Å². The van der Waals surface area contributed by atoms with Crippen LogP contribution in [-0.2, 0) is 11.3 Å². The molecule has 0 fully saturated rings. The average Bonchev–Trinajstić information content (AvgIpc) is 2.75. The molecular weight excluding hydrogens is 411 g/mol. The highest BCUT2D eigenvalue weighted by Crippen LogP contribution is 2.29. The van der Waals surface area contributed by atoms with Crippen molar-refractivity contribution in [1.29, 1.82) is 0 Å². The van der Waals surface area contributed by atoms with Gasteiger partial charge in [-0.25, -0.2) is 4.39 Å². The van der Waals surface area contributed by atoms with Crippen LogP contribution < -0.4 is 15.4 Å². The molecule has 1 amide bonds. The van der Waals surface area contributed by atoms with E-state index in [0.717, 1.165) is 5.56 Å². The molecule has 0 spiro atoms. The minimum atomic E-state index is -0.948. The van der Waals surface area contributed by atoms with Crippen molar-refractivity contribution in [1.82, 2.24) is 10.6 Å². The molecule has 0 heterocycles. The summed E-state index contributed by atoms with van der Waals surface area (Å²) in [6.45, 7) is 0.336. The molecule has 0 unspecified atom stereocenters. The van der Waals surface area contributed by atoms with Crippen molar-refractivity contribution >= 4 is 17.5 Å². The van der Waals surface area contributed by atoms with Gasteiger partial charge in [0.2, 0.25) is 5.91 Å². The molecule has 0 aromatic heterocycles. The summed E-state index contributed by atoms with van der Waals surface area (Å²) >= 11 is 6.17. The topological polar surface area (TPSA) is 90.8 Å². The van der Waals surface area contributed by atoms with Crippen molar-refractivity contribution in [3.63, 3.8) is 0 Å². The second-order valence-corrected chi connectivity index (χ2v) is 7.40. The molecule has 8 heteroatoms. The van der Waals surface area contributed by atoms with Gasteiger partial charge in [-0.3, -0.25) is 4.79 Å². The van der Waals surface area contributed by atoms with Gasteiger partial charge in [0.1, 0.15) is 23.8 Å². The second-order valence-electron chi connectivity index (χ2n) is 6.99. The van der Waals surface area contributed by atoms with Gasteiger partial charge in [0.05, 0.1) is 11.6 Å². The molecule has 0 aliphatic heterocycles. The first-order valence-electron chi connectivity index (χ1n) is 9.64. The van der Waals surface area contributed by atoms with E-state index in [9.17, 15) is 14.3 Å². The highest BCUT2D eigenvalue weighted by Gasteiger charge is 2.35. The molecule has 2 aromatic rings. The van der Waals surface area contributed by atoms with Crippen LogP contribution in [0.5, 0.6) is 5.75 Å². The average molecular weight is 435 g/mol. The quantitative estimate of drug-likeness (QED) is 0.511. The Morgan fingerprint density at radius 2 is 1.93 bits per heavy atom. The van der Waals surface area contributed by atoms with E-state index in [-0.39, 0.29) is 31.3 Å². The number of carbonyl (C=O) groups is 1. The number of aliphatic hydroxyl groups is 2. The van der Waals surface area contributed by atoms with Crippen molar-refractivity contribution < 1.29 is 24.1 Å². The lowest BCUT2D eigenvalue weighted by molar-refractivity contribution is -0.118. The van der Waals surface area contributed by atoms with Gasteiger partial charge in [-0.05, 0) is 42.3 Å². The lowest BCUT2D eigenvalue weighted by Crippen LogP contribution is -2.51. The SMILES string of the molecule is O=C(NCCO)C1=C[C@H](Oc2ccccc2Cl)[C@@H](O)[C@H](NCc2ccc(F)cc2)C1.